The number of tetrazole rings is 1. The van der Waals surface area contributed by atoms with Gasteiger partial charge in [0.05, 0.1) is 5.69 Å². The number of nitrogens with two attached hydrogens (primary N) is 1. The number of hydrogen-bond acceptors (Lipinski definition) is 5. The number of nitrogens with zero attached hydrogens (tertiary/aromatic N) is 4. The highest BCUT2D eigenvalue weighted by atomic mass is 16.1. The first-order valence-corrected chi connectivity index (χ1v) is 5.81. The summed E-state index contributed by atoms with van der Waals surface area (Å²) in [6.07, 6.45) is 1.54. The fourth-order valence-electron chi connectivity index (χ4n) is 1.68. The highest BCUT2D eigenvalue weighted by Crippen LogP contribution is 2.12. The minimum atomic E-state index is 0.0217. The van der Waals surface area contributed by atoms with E-state index >= 15 is 0 Å². The van der Waals surface area contributed by atoms with Gasteiger partial charge in [-0.15, -0.1) is 5.10 Å². The van der Waals surface area contributed by atoms with E-state index in [1.807, 2.05) is 12.1 Å². The molecule has 2 N–H and O–H groups in total. The molecule has 1 aromatic carbocycles. The summed E-state index contributed by atoms with van der Waals surface area (Å²) < 4.78 is 1.64. The maximum Gasteiger partial charge on any atom is 0.159 e. The van der Waals surface area contributed by atoms with Crippen LogP contribution in [0.2, 0.25) is 0 Å². The molecule has 2 aromatic rings. The van der Waals surface area contributed by atoms with Crippen molar-refractivity contribution in [3.05, 3.63) is 35.7 Å². The van der Waals surface area contributed by atoms with E-state index in [2.05, 4.69) is 15.5 Å². The minimum Gasteiger partial charge on any atom is -0.330 e. The van der Waals surface area contributed by atoms with Gasteiger partial charge in [-0.1, -0.05) is 12.1 Å². The molecule has 0 bridgehead atoms. The molecule has 0 radical (unpaired) electrons. The van der Waals surface area contributed by atoms with Crippen LogP contribution >= 0.6 is 0 Å². The van der Waals surface area contributed by atoms with Crippen LogP contribution in [-0.2, 0) is 6.42 Å². The minimum absolute atomic E-state index is 0.0217. The van der Waals surface area contributed by atoms with E-state index < -0.39 is 0 Å². The zero-order chi connectivity index (χ0) is 13.0. The van der Waals surface area contributed by atoms with Crippen molar-refractivity contribution < 1.29 is 4.79 Å². The lowest BCUT2D eigenvalue weighted by Crippen LogP contribution is -2.07. The molecule has 0 saturated carbocycles. The average molecular weight is 245 g/mol. The molecule has 0 amide bonds. The smallest absolute Gasteiger partial charge is 0.159 e. The first kappa shape index (κ1) is 12.4. The predicted octanol–water partition coefficient (Wildman–Crippen LogP) is 0.756. The molecule has 0 unspecified atom stereocenters. The van der Waals surface area contributed by atoms with Crippen LogP contribution in [0.4, 0.5) is 0 Å². The average Bonchev–Trinajstić information content (AvgIpc) is 2.84. The summed E-state index contributed by atoms with van der Waals surface area (Å²) in [5.74, 6) is 0.773. The first-order valence-electron chi connectivity index (χ1n) is 5.81. The van der Waals surface area contributed by atoms with Gasteiger partial charge in [0, 0.05) is 12.0 Å². The Hall–Kier alpha value is -2.08. The fourth-order valence-corrected chi connectivity index (χ4v) is 1.68. The SMILES string of the molecule is CC(=O)c1cccc(-n2nnnc2CCCN)c1. The van der Waals surface area contributed by atoms with Gasteiger partial charge in [-0.2, -0.15) is 4.68 Å². The lowest BCUT2D eigenvalue weighted by atomic mass is 10.1. The highest BCUT2D eigenvalue weighted by Gasteiger charge is 2.09. The quantitative estimate of drug-likeness (QED) is 0.786. The number of aromatic nitrogens is 4. The summed E-state index contributed by atoms with van der Waals surface area (Å²) in [6, 6.07) is 7.25. The van der Waals surface area contributed by atoms with Crippen LogP contribution in [-0.4, -0.2) is 32.5 Å². The molecule has 0 aliphatic rings. The second-order valence-electron chi connectivity index (χ2n) is 4.01. The van der Waals surface area contributed by atoms with Gasteiger partial charge < -0.3 is 5.73 Å². The van der Waals surface area contributed by atoms with Gasteiger partial charge in [-0.25, -0.2) is 0 Å². The molecule has 6 nitrogen and oxygen atoms in total. The van der Waals surface area contributed by atoms with E-state index in [0.29, 0.717) is 18.5 Å². The monoisotopic (exact) mass is 245 g/mol. The Labute approximate surface area is 105 Å². The normalized spacial score (nSPS) is 10.6. The molecule has 6 heteroatoms. The number of rotatable bonds is 5. The third-order valence-electron chi connectivity index (χ3n) is 2.64. The summed E-state index contributed by atoms with van der Waals surface area (Å²) >= 11 is 0. The van der Waals surface area contributed by atoms with E-state index in [1.54, 1.807) is 16.8 Å². The summed E-state index contributed by atoms with van der Waals surface area (Å²) in [5, 5.41) is 11.6. The number of hydrogen-bond donors (Lipinski definition) is 1. The van der Waals surface area contributed by atoms with Crippen molar-refractivity contribution in [3.63, 3.8) is 0 Å². The molecule has 0 atom stereocenters. The standard InChI is InChI=1S/C12H15N5O/c1-9(18)10-4-2-5-11(8-10)17-12(6-3-7-13)14-15-16-17/h2,4-5,8H,3,6-7,13H2,1H3. The van der Waals surface area contributed by atoms with E-state index in [-0.39, 0.29) is 5.78 Å². The lowest BCUT2D eigenvalue weighted by Gasteiger charge is -2.05. The topological polar surface area (TPSA) is 86.7 Å². The number of aryl methyl sites for hydroxylation is 1. The molecule has 0 saturated heterocycles. The van der Waals surface area contributed by atoms with E-state index in [0.717, 1.165) is 17.9 Å². The molecule has 1 aromatic heterocycles. The van der Waals surface area contributed by atoms with E-state index in [9.17, 15) is 4.79 Å². The Balaban J connectivity index is 2.33. The number of benzene rings is 1. The van der Waals surface area contributed by atoms with Crippen LogP contribution in [0, 0.1) is 0 Å². The van der Waals surface area contributed by atoms with Gasteiger partial charge in [-0.05, 0) is 42.4 Å². The van der Waals surface area contributed by atoms with Gasteiger partial charge in [0.25, 0.3) is 0 Å². The van der Waals surface area contributed by atoms with Gasteiger partial charge in [0.1, 0.15) is 0 Å². The summed E-state index contributed by atoms with van der Waals surface area (Å²) in [4.78, 5) is 11.3. The van der Waals surface area contributed by atoms with Crippen molar-refractivity contribution in [3.8, 4) is 5.69 Å². The van der Waals surface area contributed by atoms with Gasteiger partial charge >= 0.3 is 0 Å². The summed E-state index contributed by atoms with van der Waals surface area (Å²) in [6.45, 7) is 2.13. The third kappa shape index (κ3) is 2.60. The second kappa shape index (κ2) is 5.50. The fraction of sp³-hybridized carbons (Fsp3) is 0.333. The Morgan fingerprint density at radius 3 is 3.00 bits per heavy atom. The van der Waals surface area contributed by atoms with Crippen LogP contribution in [0.3, 0.4) is 0 Å². The number of ketones is 1. The van der Waals surface area contributed by atoms with Crippen LogP contribution in [0.25, 0.3) is 5.69 Å². The van der Waals surface area contributed by atoms with E-state index in [4.69, 9.17) is 5.73 Å². The van der Waals surface area contributed by atoms with Crippen LogP contribution < -0.4 is 5.73 Å². The Morgan fingerprint density at radius 2 is 2.28 bits per heavy atom. The van der Waals surface area contributed by atoms with Crippen LogP contribution in [0.15, 0.2) is 24.3 Å². The highest BCUT2D eigenvalue weighted by molar-refractivity contribution is 5.94. The molecule has 18 heavy (non-hydrogen) atoms. The van der Waals surface area contributed by atoms with Crippen LogP contribution in [0.1, 0.15) is 29.5 Å². The predicted molar refractivity (Wildman–Crippen MR) is 66.5 cm³/mol. The molecule has 0 spiro atoms. The van der Waals surface area contributed by atoms with E-state index in [1.165, 1.54) is 6.92 Å². The lowest BCUT2D eigenvalue weighted by molar-refractivity contribution is 0.101. The van der Waals surface area contributed by atoms with Gasteiger partial charge in [0.15, 0.2) is 11.6 Å². The Bertz CT molecular complexity index is 549. The van der Waals surface area contributed by atoms with Crippen molar-refractivity contribution in [1.29, 1.82) is 0 Å². The zero-order valence-electron chi connectivity index (χ0n) is 10.2. The Morgan fingerprint density at radius 1 is 1.44 bits per heavy atom. The van der Waals surface area contributed by atoms with Crippen molar-refractivity contribution in [2.24, 2.45) is 5.73 Å². The molecule has 0 aliphatic carbocycles. The van der Waals surface area contributed by atoms with Crippen molar-refractivity contribution in [2.45, 2.75) is 19.8 Å². The molecule has 1 heterocycles. The molecule has 94 valence electrons. The van der Waals surface area contributed by atoms with Gasteiger partial charge in [-0.3, -0.25) is 4.79 Å². The number of carbonyl (C=O) groups is 1. The molecule has 2 rings (SSSR count). The summed E-state index contributed by atoms with van der Waals surface area (Å²) in [5.41, 5.74) is 6.91. The molecule has 0 aliphatic heterocycles. The van der Waals surface area contributed by atoms with Crippen molar-refractivity contribution >= 4 is 5.78 Å². The van der Waals surface area contributed by atoms with Crippen molar-refractivity contribution in [2.75, 3.05) is 6.54 Å². The second-order valence-corrected chi connectivity index (χ2v) is 4.01. The number of Topliss-reactive ketones (excluding diaryl/α,β-unsaturated/α-hetero) is 1. The molecular formula is C12H15N5O. The maximum atomic E-state index is 11.3. The number of carbonyl (C=O) groups excluding carboxylic acids is 1. The van der Waals surface area contributed by atoms with Crippen LogP contribution in [0.5, 0.6) is 0 Å². The largest absolute Gasteiger partial charge is 0.330 e. The third-order valence-corrected chi connectivity index (χ3v) is 2.64. The zero-order valence-corrected chi connectivity index (χ0v) is 10.2. The first-order chi connectivity index (χ1) is 8.72. The van der Waals surface area contributed by atoms with Gasteiger partial charge in [0.2, 0.25) is 0 Å². The molecular weight excluding hydrogens is 230 g/mol. The van der Waals surface area contributed by atoms with Crippen molar-refractivity contribution in [1.82, 2.24) is 20.2 Å². The summed E-state index contributed by atoms with van der Waals surface area (Å²) in [7, 11) is 0. The Kier molecular flexibility index (Phi) is 3.78. The maximum absolute atomic E-state index is 11.3. The molecule has 0 fully saturated rings.